The van der Waals surface area contributed by atoms with E-state index >= 15 is 0 Å². The monoisotopic (exact) mass is 337 g/mol. The highest BCUT2D eigenvalue weighted by Crippen LogP contribution is 2.21. The smallest absolute Gasteiger partial charge is 0.191 e. The molecule has 7 heteroatoms. The molecule has 1 aromatic rings. The molecule has 24 heavy (non-hydrogen) atoms. The van der Waals surface area contributed by atoms with Gasteiger partial charge in [-0.05, 0) is 40.1 Å². The normalized spacial score (nSPS) is 23.0. The second-order valence-corrected chi connectivity index (χ2v) is 6.72. The first-order chi connectivity index (χ1) is 11.4. The Balaban J connectivity index is 1.93. The molecule has 0 radical (unpaired) electrons. The van der Waals surface area contributed by atoms with E-state index in [1.165, 1.54) is 0 Å². The van der Waals surface area contributed by atoms with Crippen molar-refractivity contribution in [2.45, 2.75) is 25.5 Å². The van der Waals surface area contributed by atoms with E-state index in [9.17, 15) is 5.11 Å². The second-order valence-electron chi connectivity index (χ2n) is 6.72. The maximum atomic E-state index is 10.5. The number of hydrogen-bond acceptors (Lipinski definition) is 5. The number of piperazine rings is 1. The van der Waals surface area contributed by atoms with E-state index < -0.39 is 5.60 Å². The van der Waals surface area contributed by atoms with Crippen molar-refractivity contribution in [2.75, 3.05) is 53.4 Å². The van der Waals surface area contributed by atoms with Gasteiger partial charge in [0.2, 0.25) is 0 Å². The van der Waals surface area contributed by atoms with Crippen LogP contribution in [0.4, 0.5) is 0 Å². The van der Waals surface area contributed by atoms with Crippen LogP contribution < -0.4 is 10.6 Å². The Morgan fingerprint density at radius 3 is 2.88 bits per heavy atom. The van der Waals surface area contributed by atoms with Gasteiger partial charge in [0, 0.05) is 38.8 Å². The van der Waals surface area contributed by atoms with Crippen LogP contribution in [0.25, 0.3) is 0 Å². The number of guanidine groups is 1. The minimum atomic E-state index is -1.12. The van der Waals surface area contributed by atoms with Crippen molar-refractivity contribution in [2.24, 2.45) is 4.99 Å². The standard InChI is InChI=1S/C17H31N5O2/c1-5-18-16(19-11-14-12-21(3)8-9-22(14)4)20-13-17(2,23)15-7-6-10-24-15/h6-7,10,14,23H,5,8-9,11-13H2,1-4H3,(H2,18,19,20). The maximum absolute atomic E-state index is 10.5. The van der Waals surface area contributed by atoms with Crippen LogP contribution in [0.1, 0.15) is 19.6 Å². The molecule has 2 atom stereocenters. The molecule has 0 spiro atoms. The van der Waals surface area contributed by atoms with Crippen LogP contribution in [0.5, 0.6) is 0 Å². The Labute approximate surface area is 144 Å². The van der Waals surface area contributed by atoms with Crippen LogP contribution in [-0.2, 0) is 5.60 Å². The Hall–Kier alpha value is -1.57. The lowest BCUT2D eigenvalue weighted by molar-refractivity contribution is 0.0436. The minimum absolute atomic E-state index is 0.232. The van der Waals surface area contributed by atoms with E-state index in [1.807, 2.05) is 6.92 Å². The van der Waals surface area contributed by atoms with E-state index in [2.05, 4.69) is 39.5 Å². The molecule has 2 heterocycles. The first-order valence-electron chi connectivity index (χ1n) is 8.59. The number of aliphatic imine (C=N–C) groups is 1. The molecule has 0 saturated carbocycles. The van der Waals surface area contributed by atoms with Crippen molar-refractivity contribution >= 4 is 5.96 Å². The number of furan rings is 1. The van der Waals surface area contributed by atoms with Crippen LogP contribution >= 0.6 is 0 Å². The molecule has 7 nitrogen and oxygen atoms in total. The lowest BCUT2D eigenvalue weighted by Gasteiger charge is -2.38. The highest BCUT2D eigenvalue weighted by molar-refractivity contribution is 5.79. The van der Waals surface area contributed by atoms with Gasteiger partial charge in [-0.1, -0.05) is 0 Å². The van der Waals surface area contributed by atoms with Crippen molar-refractivity contribution in [3.05, 3.63) is 24.2 Å². The summed E-state index contributed by atoms with van der Waals surface area (Å²) in [6.45, 7) is 8.77. The third kappa shape index (κ3) is 5.22. The van der Waals surface area contributed by atoms with E-state index in [1.54, 1.807) is 25.3 Å². The molecule has 1 aliphatic rings. The van der Waals surface area contributed by atoms with Gasteiger partial charge in [-0.25, -0.2) is 4.99 Å². The van der Waals surface area contributed by atoms with Crippen LogP contribution in [0, 0.1) is 0 Å². The molecular weight excluding hydrogens is 306 g/mol. The summed E-state index contributed by atoms with van der Waals surface area (Å²) < 4.78 is 5.30. The number of nitrogens with one attached hydrogen (secondary N) is 2. The van der Waals surface area contributed by atoms with Gasteiger partial charge in [0.05, 0.1) is 12.8 Å². The van der Waals surface area contributed by atoms with Gasteiger partial charge in [-0.3, -0.25) is 4.90 Å². The zero-order valence-corrected chi connectivity index (χ0v) is 15.2. The summed E-state index contributed by atoms with van der Waals surface area (Å²) in [5.74, 6) is 1.24. The van der Waals surface area contributed by atoms with Gasteiger partial charge in [0.15, 0.2) is 5.96 Å². The molecular formula is C17H31N5O2. The van der Waals surface area contributed by atoms with Crippen LogP contribution in [0.15, 0.2) is 27.8 Å². The van der Waals surface area contributed by atoms with Gasteiger partial charge in [-0.2, -0.15) is 0 Å². The molecule has 0 amide bonds. The molecule has 1 aliphatic heterocycles. The molecule has 0 aromatic carbocycles. The summed E-state index contributed by atoms with van der Waals surface area (Å²) in [4.78, 5) is 9.24. The first kappa shape index (κ1) is 18.8. The fourth-order valence-electron chi connectivity index (χ4n) is 2.77. The van der Waals surface area contributed by atoms with Gasteiger partial charge >= 0.3 is 0 Å². The molecule has 1 aromatic heterocycles. The Morgan fingerprint density at radius 1 is 1.42 bits per heavy atom. The third-order valence-corrected chi connectivity index (χ3v) is 4.43. The average molecular weight is 337 g/mol. The van der Waals surface area contributed by atoms with Gasteiger partial charge in [0.1, 0.15) is 11.4 Å². The number of likely N-dealkylation sites (N-methyl/N-ethyl adjacent to an activating group) is 2. The Morgan fingerprint density at radius 2 is 2.21 bits per heavy atom. The topological polar surface area (TPSA) is 76.3 Å². The van der Waals surface area contributed by atoms with Crippen LogP contribution in [-0.4, -0.2) is 80.3 Å². The molecule has 2 rings (SSSR count). The maximum Gasteiger partial charge on any atom is 0.191 e. The van der Waals surface area contributed by atoms with E-state index in [-0.39, 0.29) is 6.54 Å². The zero-order chi connectivity index (χ0) is 17.6. The van der Waals surface area contributed by atoms with Crippen molar-refractivity contribution in [3.63, 3.8) is 0 Å². The molecule has 0 bridgehead atoms. The van der Waals surface area contributed by atoms with Crippen LogP contribution in [0.3, 0.4) is 0 Å². The van der Waals surface area contributed by atoms with Gasteiger partial charge < -0.3 is 25.1 Å². The van der Waals surface area contributed by atoms with E-state index in [0.29, 0.717) is 17.8 Å². The second kappa shape index (κ2) is 8.50. The largest absolute Gasteiger partial charge is 0.466 e. The summed E-state index contributed by atoms with van der Waals surface area (Å²) in [6.07, 6.45) is 1.56. The quantitative estimate of drug-likeness (QED) is 0.512. The summed E-state index contributed by atoms with van der Waals surface area (Å²) in [7, 11) is 4.31. The summed E-state index contributed by atoms with van der Waals surface area (Å²) in [5.41, 5.74) is -1.12. The van der Waals surface area contributed by atoms with Crippen LogP contribution in [0.2, 0.25) is 0 Å². The van der Waals surface area contributed by atoms with Crippen molar-refractivity contribution in [3.8, 4) is 0 Å². The fourth-order valence-corrected chi connectivity index (χ4v) is 2.77. The Kier molecular flexibility index (Phi) is 6.65. The van der Waals surface area contributed by atoms with Gasteiger partial charge in [0.25, 0.3) is 0 Å². The third-order valence-electron chi connectivity index (χ3n) is 4.43. The molecule has 3 N–H and O–H groups in total. The zero-order valence-electron chi connectivity index (χ0n) is 15.2. The lowest BCUT2D eigenvalue weighted by atomic mass is 10.0. The minimum Gasteiger partial charge on any atom is -0.466 e. The van der Waals surface area contributed by atoms with Crippen molar-refractivity contribution in [1.29, 1.82) is 0 Å². The SMILES string of the molecule is CCNC(=NCC(C)(O)c1ccco1)NCC1CN(C)CCN1C. The summed E-state index contributed by atoms with van der Waals surface area (Å²) >= 11 is 0. The lowest BCUT2D eigenvalue weighted by Crippen LogP contribution is -2.55. The molecule has 136 valence electrons. The van der Waals surface area contributed by atoms with E-state index in [4.69, 9.17) is 4.42 Å². The number of nitrogens with zero attached hydrogens (tertiary/aromatic N) is 3. The number of rotatable bonds is 6. The molecule has 2 unspecified atom stereocenters. The predicted molar refractivity (Wildman–Crippen MR) is 96.2 cm³/mol. The predicted octanol–water partition coefficient (Wildman–Crippen LogP) is 0.288. The molecule has 0 aliphatic carbocycles. The Bertz CT molecular complexity index is 515. The summed E-state index contributed by atoms with van der Waals surface area (Å²) in [5, 5.41) is 17.1. The molecule has 1 fully saturated rings. The highest BCUT2D eigenvalue weighted by Gasteiger charge is 2.26. The van der Waals surface area contributed by atoms with Crippen molar-refractivity contribution in [1.82, 2.24) is 20.4 Å². The van der Waals surface area contributed by atoms with Crippen molar-refractivity contribution < 1.29 is 9.52 Å². The van der Waals surface area contributed by atoms with E-state index in [0.717, 1.165) is 32.7 Å². The van der Waals surface area contributed by atoms with Gasteiger partial charge in [-0.15, -0.1) is 0 Å². The highest BCUT2D eigenvalue weighted by atomic mass is 16.4. The number of hydrogen-bond donors (Lipinski definition) is 3. The first-order valence-corrected chi connectivity index (χ1v) is 8.59. The number of aliphatic hydroxyl groups is 1. The molecule has 1 saturated heterocycles. The fraction of sp³-hybridized carbons (Fsp3) is 0.706. The average Bonchev–Trinajstić information content (AvgIpc) is 3.08. The summed E-state index contributed by atoms with van der Waals surface area (Å²) in [6, 6.07) is 3.98.